The molecule has 2 aromatic heterocycles. The van der Waals surface area contributed by atoms with E-state index < -0.39 is 51.6 Å². The molecule has 0 aliphatic carbocycles. The van der Waals surface area contributed by atoms with Crippen molar-refractivity contribution < 1.29 is 27.2 Å². The third kappa shape index (κ3) is 3.13. The van der Waals surface area contributed by atoms with Crippen LogP contribution in [0.5, 0.6) is 0 Å². The van der Waals surface area contributed by atoms with E-state index in [1.54, 1.807) is 10.3 Å². The molecular weight excluding hydrogens is 397 g/mol. The van der Waals surface area contributed by atoms with Gasteiger partial charge in [0.05, 0.1) is 12.8 Å². The maximum Gasteiger partial charge on any atom is 0.425 e. The first kappa shape index (κ1) is 20.4. The Morgan fingerprint density at radius 2 is 1.90 bits per heavy atom. The van der Waals surface area contributed by atoms with Crippen LogP contribution in [0.25, 0.3) is 0 Å². The molecule has 0 saturated carbocycles. The summed E-state index contributed by atoms with van der Waals surface area (Å²) in [7, 11) is 0. The van der Waals surface area contributed by atoms with Crippen molar-refractivity contribution in [2.45, 2.75) is 39.0 Å². The highest BCUT2D eigenvalue weighted by Gasteiger charge is 2.68. The molecule has 3 N–H and O–H groups in total. The molecule has 0 bridgehead atoms. The molecule has 12 heteroatoms. The Kier molecular flexibility index (Phi) is 4.48. The number of carbonyl (C=O) groups is 2. The summed E-state index contributed by atoms with van der Waals surface area (Å²) < 4.78 is 48.3. The van der Waals surface area contributed by atoms with Gasteiger partial charge >= 0.3 is 11.9 Å². The third-order valence-corrected chi connectivity index (χ3v) is 4.45. The average molecular weight is 414 g/mol. The second kappa shape index (κ2) is 6.36. The van der Waals surface area contributed by atoms with Gasteiger partial charge in [-0.05, 0) is 12.1 Å². The molecular formula is C17H17F3N4O5. The number of aromatic amines is 1. The minimum absolute atomic E-state index is 0.193. The van der Waals surface area contributed by atoms with Gasteiger partial charge in [0, 0.05) is 5.41 Å². The zero-order valence-corrected chi connectivity index (χ0v) is 15.6. The molecule has 2 aromatic rings. The van der Waals surface area contributed by atoms with Crippen LogP contribution >= 0.6 is 0 Å². The lowest BCUT2D eigenvalue weighted by Gasteiger charge is -2.32. The molecule has 0 saturated heterocycles. The Morgan fingerprint density at radius 1 is 1.24 bits per heavy atom. The molecule has 1 aliphatic rings. The van der Waals surface area contributed by atoms with Crippen LogP contribution in [0.4, 0.5) is 19.0 Å². The number of nitrogens with zero attached hydrogens (tertiary/aromatic N) is 1. The Labute approximate surface area is 160 Å². The van der Waals surface area contributed by atoms with E-state index in [1.165, 1.54) is 39.2 Å². The summed E-state index contributed by atoms with van der Waals surface area (Å²) in [5.41, 5.74) is -8.55. The monoisotopic (exact) mass is 414 g/mol. The molecule has 1 unspecified atom stereocenters. The van der Waals surface area contributed by atoms with Gasteiger partial charge < -0.3 is 15.1 Å². The fourth-order valence-corrected chi connectivity index (χ4v) is 2.89. The molecule has 0 radical (unpaired) electrons. The van der Waals surface area contributed by atoms with Gasteiger partial charge in [0.15, 0.2) is 0 Å². The Bertz CT molecular complexity index is 1090. The summed E-state index contributed by atoms with van der Waals surface area (Å²) in [6.07, 6.45) is -4.09. The van der Waals surface area contributed by atoms with Crippen LogP contribution in [0.3, 0.4) is 0 Å². The molecule has 3 rings (SSSR count). The molecule has 2 amide bonds. The number of carbonyl (C=O) groups excluding carboxylic acids is 2. The van der Waals surface area contributed by atoms with Crippen LogP contribution in [-0.4, -0.2) is 27.5 Å². The summed E-state index contributed by atoms with van der Waals surface area (Å²) in [5, 5.41) is 3.63. The second-order valence-corrected chi connectivity index (χ2v) is 7.55. The maximum absolute atomic E-state index is 14.1. The number of nitrogens with one attached hydrogen (secondary N) is 3. The minimum atomic E-state index is -5.37. The number of rotatable bonds is 3. The Balaban J connectivity index is 2.28. The van der Waals surface area contributed by atoms with Crippen molar-refractivity contribution >= 4 is 17.6 Å². The first-order chi connectivity index (χ1) is 13.3. The van der Waals surface area contributed by atoms with Crippen molar-refractivity contribution in [2.75, 3.05) is 5.32 Å². The number of anilines is 1. The number of furan rings is 1. The molecule has 3 heterocycles. The van der Waals surface area contributed by atoms with Gasteiger partial charge in [0.1, 0.15) is 17.1 Å². The fourth-order valence-electron chi connectivity index (χ4n) is 2.89. The van der Waals surface area contributed by atoms with Crippen molar-refractivity contribution in [2.24, 2.45) is 5.41 Å². The highest BCUT2D eigenvalue weighted by Crippen LogP contribution is 2.45. The van der Waals surface area contributed by atoms with Crippen molar-refractivity contribution in [3.8, 4) is 0 Å². The normalized spacial score (nSPS) is 19.0. The zero-order valence-electron chi connectivity index (χ0n) is 15.6. The first-order valence-electron chi connectivity index (χ1n) is 8.40. The van der Waals surface area contributed by atoms with Gasteiger partial charge in [-0.1, -0.05) is 20.8 Å². The Morgan fingerprint density at radius 3 is 2.41 bits per heavy atom. The molecule has 9 nitrogen and oxygen atoms in total. The van der Waals surface area contributed by atoms with Crippen molar-refractivity contribution in [3.05, 3.63) is 50.6 Å². The van der Waals surface area contributed by atoms with Gasteiger partial charge in [-0.2, -0.15) is 13.2 Å². The molecule has 29 heavy (non-hydrogen) atoms. The number of alkyl halides is 3. The van der Waals surface area contributed by atoms with E-state index in [0.717, 1.165) is 4.57 Å². The summed E-state index contributed by atoms with van der Waals surface area (Å²) in [5.74, 6) is -3.27. The molecule has 1 atom stereocenters. The maximum atomic E-state index is 14.1. The molecule has 0 spiro atoms. The summed E-state index contributed by atoms with van der Waals surface area (Å²) in [6.45, 7) is 3.69. The van der Waals surface area contributed by atoms with E-state index in [-0.39, 0.29) is 12.3 Å². The molecule has 156 valence electrons. The average Bonchev–Trinajstić information content (AvgIpc) is 3.17. The van der Waals surface area contributed by atoms with E-state index in [1.807, 2.05) is 5.32 Å². The van der Waals surface area contributed by atoms with Crippen molar-refractivity contribution in [1.82, 2.24) is 14.9 Å². The SMILES string of the molecule is CC(C)(C)C(=O)NC1(C(F)(F)F)C(=O)Nc2c1c(=O)[nH]c(=O)n2Cc1ccco1. The number of halogens is 3. The van der Waals surface area contributed by atoms with Crippen LogP contribution in [-0.2, 0) is 21.7 Å². The fraction of sp³-hybridized carbons (Fsp3) is 0.412. The summed E-state index contributed by atoms with van der Waals surface area (Å²) in [4.78, 5) is 51.3. The van der Waals surface area contributed by atoms with E-state index in [9.17, 15) is 32.3 Å². The zero-order chi connectivity index (χ0) is 21.8. The standard InChI is InChI=1S/C17H17F3N4O5/c1-15(2,3)12(26)23-16(17(18,19)20)9-10(21-13(16)27)24(14(28)22-11(9)25)7-8-5-4-6-29-8/h4-6H,7H2,1-3H3,(H,21,27)(H,23,26)(H,22,25,28). The van der Waals surface area contributed by atoms with E-state index in [2.05, 4.69) is 0 Å². The minimum Gasteiger partial charge on any atom is -0.467 e. The van der Waals surface area contributed by atoms with Gasteiger partial charge in [0.25, 0.3) is 11.5 Å². The number of amides is 2. The predicted octanol–water partition coefficient (Wildman–Crippen LogP) is 1.05. The first-order valence-corrected chi connectivity index (χ1v) is 8.40. The second-order valence-electron chi connectivity index (χ2n) is 7.55. The van der Waals surface area contributed by atoms with Gasteiger partial charge in [-0.15, -0.1) is 0 Å². The lowest BCUT2D eigenvalue weighted by atomic mass is 9.88. The highest BCUT2D eigenvalue weighted by atomic mass is 19.4. The number of aromatic nitrogens is 2. The summed E-state index contributed by atoms with van der Waals surface area (Å²) >= 11 is 0. The van der Waals surface area contributed by atoms with E-state index in [0.29, 0.717) is 0 Å². The van der Waals surface area contributed by atoms with Crippen LogP contribution in [0, 0.1) is 5.41 Å². The number of fused-ring (bicyclic) bond motifs is 1. The smallest absolute Gasteiger partial charge is 0.425 e. The van der Waals surface area contributed by atoms with Crippen molar-refractivity contribution in [1.29, 1.82) is 0 Å². The van der Waals surface area contributed by atoms with Crippen LogP contribution in [0.2, 0.25) is 0 Å². The van der Waals surface area contributed by atoms with E-state index in [4.69, 9.17) is 4.42 Å². The van der Waals surface area contributed by atoms with Crippen LogP contribution < -0.4 is 21.9 Å². The van der Waals surface area contributed by atoms with Gasteiger partial charge in [0.2, 0.25) is 11.4 Å². The largest absolute Gasteiger partial charge is 0.467 e. The Hall–Kier alpha value is -3.31. The van der Waals surface area contributed by atoms with Crippen LogP contribution in [0.1, 0.15) is 32.1 Å². The quantitative estimate of drug-likeness (QED) is 0.692. The molecule has 0 fully saturated rings. The molecule has 1 aliphatic heterocycles. The molecule has 0 aromatic carbocycles. The highest BCUT2D eigenvalue weighted by molar-refractivity contribution is 6.07. The third-order valence-electron chi connectivity index (χ3n) is 4.45. The lowest BCUT2D eigenvalue weighted by Crippen LogP contribution is -2.63. The number of hydrogen-bond acceptors (Lipinski definition) is 5. The van der Waals surface area contributed by atoms with Gasteiger partial charge in [-0.25, -0.2) is 4.79 Å². The lowest BCUT2D eigenvalue weighted by molar-refractivity contribution is -0.201. The van der Waals surface area contributed by atoms with Crippen molar-refractivity contribution in [3.63, 3.8) is 0 Å². The van der Waals surface area contributed by atoms with E-state index >= 15 is 0 Å². The van der Waals surface area contributed by atoms with Crippen LogP contribution in [0.15, 0.2) is 32.4 Å². The predicted molar refractivity (Wildman–Crippen MR) is 93.1 cm³/mol. The number of H-pyrrole nitrogens is 1. The topological polar surface area (TPSA) is 126 Å². The summed E-state index contributed by atoms with van der Waals surface area (Å²) in [6, 6.07) is 2.95. The van der Waals surface area contributed by atoms with Gasteiger partial charge in [-0.3, -0.25) is 23.9 Å². The number of hydrogen-bond donors (Lipinski definition) is 3.